The molecule has 1 aliphatic rings. The smallest absolute Gasteiger partial charge is 0.256 e. The summed E-state index contributed by atoms with van der Waals surface area (Å²) in [7, 11) is 1.59. The van der Waals surface area contributed by atoms with Crippen molar-refractivity contribution in [1.29, 1.82) is 0 Å². The van der Waals surface area contributed by atoms with Crippen LogP contribution in [0.1, 0.15) is 22.0 Å². The van der Waals surface area contributed by atoms with Crippen LogP contribution >= 0.6 is 0 Å². The molecular formula is C19H19FN4O2. The largest absolute Gasteiger partial charge is 0.496 e. The summed E-state index contributed by atoms with van der Waals surface area (Å²) in [6, 6.07) is 9.90. The molecule has 1 aliphatic heterocycles. The molecule has 1 unspecified atom stereocenters. The van der Waals surface area contributed by atoms with Gasteiger partial charge in [-0.05, 0) is 29.8 Å². The van der Waals surface area contributed by atoms with Crippen LogP contribution in [0.15, 0.2) is 42.6 Å². The fourth-order valence-electron chi connectivity index (χ4n) is 3.39. The SMILES string of the molecule is COc1ccc(C(=O)N2CCNC(c3ccc(F)cc3)C2)c2[nH]ncc12. The van der Waals surface area contributed by atoms with Gasteiger partial charge < -0.3 is 15.0 Å². The number of carbonyl (C=O) groups is 1. The van der Waals surface area contributed by atoms with Crippen molar-refractivity contribution in [3.63, 3.8) is 0 Å². The fourth-order valence-corrected chi connectivity index (χ4v) is 3.39. The molecule has 0 bridgehead atoms. The quantitative estimate of drug-likeness (QED) is 0.758. The monoisotopic (exact) mass is 354 g/mol. The molecule has 6 nitrogen and oxygen atoms in total. The average Bonchev–Trinajstić information content (AvgIpc) is 3.17. The van der Waals surface area contributed by atoms with Gasteiger partial charge in [0.05, 0.1) is 29.8 Å². The number of hydrogen-bond acceptors (Lipinski definition) is 4. The number of carbonyl (C=O) groups excluding carboxylic acids is 1. The summed E-state index contributed by atoms with van der Waals surface area (Å²) in [5, 5.41) is 11.1. The number of halogens is 1. The number of aromatic amines is 1. The van der Waals surface area contributed by atoms with Crippen molar-refractivity contribution in [3.05, 3.63) is 59.5 Å². The Balaban J connectivity index is 1.60. The number of H-pyrrole nitrogens is 1. The second-order valence-corrected chi connectivity index (χ2v) is 6.28. The molecule has 0 saturated carbocycles. The molecule has 4 rings (SSSR count). The third-order valence-corrected chi connectivity index (χ3v) is 4.76. The Morgan fingerprint density at radius 1 is 1.27 bits per heavy atom. The second kappa shape index (κ2) is 6.76. The molecule has 2 heterocycles. The van der Waals surface area contributed by atoms with Crippen LogP contribution in [0.2, 0.25) is 0 Å². The minimum absolute atomic E-state index is 0.0243. The third-order valence-electron chi connectivity index (χ3n) is 4.76. The maximum atomic E-state index is 13.2. The number of ether oxygens (including phenoxy) is 1. The molecule has 134 valence electrons. The van der Waals surface area contributed by atoms with Crippen LogP contribution in [0.5, 0.6) is 5.75 Å². The Kier molecular flexibility index (Phi) is 4.30. The molecular weight excluding hydrogens is 335 g/mol. The number of nitrogens with zero attached hydrogens (tertiary/aromatic N) is 2. The van der Waals surface area contributed by atoms with Gasteiger partial charge in [0.25, 0.3) is 5.91 Å². The number of rotatable bonds is 3. The number of amides is 1. The zero-order valence-electron chi connectivity index (χ0n) is 14.3. The summed E-state index contributed by atoms with van der Waals surface area (Å²) in [6.45, 7) is 1.81. The number of hydrogen-bond donors (Lipinski definition) is 2. The minimum atomic E-state index is -0.266. The van der Waals surface area contributed by atoms with E-state index >= 15 is 0 Å². The molecule has 1 saturated heterocycles. The highest BCUT2D eigenvalue weighted by Crippen LogP contribution is 2.28. The van der Waals surface area contributed by atoms with Gasteiger partial charge in [-0.2, -0.15) is 5.10 Å². The molecule has 1 atom stereocenters. The van der Waals surface area contributed by atoms with Crippen LogP contribution in [0, 0.1) is 5.82 Å². The first-order valence-corrected chi connectivity index (χ1v) is 8.45. The molecule has 1 aromatic heterocycles. The fraction of sp³-hybridized carbons (Fsp3) is 0.263. The lowest BCUT2D eigenvalue weighted by molar-refractivity contribution is 0.0704. The molecule has 2 N–H and O–H groups in total. The maximum Gasteiger partial charge on any atom is 0.256 e. The second-order valence-electron chi connectivity index (χ2n) is 6.28. The van der Waals surface area contributed by atoms with E-state index in [2.05, 4.69) is 15.5 Å². The minimum Gasteiger partial charge on any atom is -0.496 e. The Labute approximate surface area is 150 Å². The lowest BCUT2D eigenvalue weighted by Crippen LogP contribution is -2.48. The zero-order chi connectivity index (χ0) is 18.1. The molecule has 3 aromatic rings. The maximum absolute atomic E-state index is 13.2. The molecule has 0 radical (unpaired) electrons. The first-order chi connectivity index (χ1) is 12.7. The zero-order valence-corrected chi connectivity index (χ0v) is 14.3. The highest BCUT2D eigenvalue weighted by atomic mass is 19.1. The van der Waals surface area contributed by atoms with Gasteiger partial charge in [-0.25, -0.2) is 4.39 Å². The van der Waals surface area contributed by atoms with E-state index in [0.717, 1.165) is 10.9 Å². The summed E-state index contributed by atoms with van der Waals surface area (Å²) < 4.78 is 18.5. The van der Waals surface area contributed by atoms with Gasteiger partial charge in [-0.15, -0.1) is 0 Å². The number of fused-ring (bicyclic) bond motifs is 1. The first kappa shape index (κ1) is 16.5. The molecule has 2 aromatic carbocycles. The van der Waals surface area contributed by atoms with Crippen LogP contribution in [0.3, 0.4) is 0 Å². The summed E-state index contributed by atoms with van der Waals surface area (Å²) >= 11 is 0. The lowest BCUT2D eigenvalue weighted by atomic mass is 10.0. The van der Waals surface area contributed by atoms with Crippen LogP contribution in [0.25, 0.3) is 10.9 Å². The Morgan fingerprint density at radius 2 is 2.08 bits per heavy atom. The van der Waals surface area contributed by atoms with Crippen molar-refractivity contribution >= 4 is 16.8 Å². The van der Waals surface area contributed by atoms with Crippen molar-refractivity contribution in [2.75, 3.05) is 26.7 Å². The topological polar surface area (TPSA) is 70.2 Å². The molecule has 26 heavy (non-hydrogen) atoms. The molecule has 1 amide bonds. The Bertz CT molecular complexity index is 938. The van der Waals surface area contributed by atoms with E-state index in [-0.39, 0.29) is 17.8 Å². The van der Waals surface area contributed by atoms with Crippen LogP contribution in [-0.4, -0.2) is 47.7 Å². The Morgan fingerprint density at radius 3 is 2.85 bits per heavy atom. The number of aromatic nitrogens is 2. The highest BCUT2D eigenvalue weighted by Gasteiger charge is 2.27. The van der Waals surface area contributed by atoms with E-state index < -0.39 is 0 Å². The van der Waals surface area contributed by atoms with Crippen molar-refractivity contribution < 1.29 is 13.9 Å². The average molecular weight is 354 g/mol. The van der Waals surface area contributed by atoms with E-state index in [1.165, 1.54) is 12.1 Å². The standard InChI is InChI=1S/C19H19FN4O2/c1-26-17-7-6-14(18-15(17)10-22-23-18)19(25)24-9-8-21-16(11-24)12-2-4-13(20)5-3-12/h2-7,10,16,21H,8-9,11H2,1H3,(H,22,23). The number of methoxy groups -OCH3 is 1. The highest BCUT2D eigenvalue weighted by molar-refractivity contribution is 6.07. The summed E-state index contributed by atoms with van der Waals surface area (Å²) in [6.07, 6.45) is 1.66. The van der Waals surface area contributed by atoms with Crippen molar-refractivity contribution in [2.24, 2.45) is 0 Å². The van der Waals surface area contributed by atoms with Crippen molar-refractivity contribution in [1.82, 2.24) is 20.4 Å². The van der Waals surface area contributed by atoms with E-state index in [4.69, 9.17) is 4.74 Å². The van der Waals surface area contributed by atoms with E-state index in [0.29, 0.717) is 36.5 Å². The van der Waals surface area contributed by atoms with Gasteiger partial charge in [-0.1, -0.05) is 12.1 Å². The van der Waals surface area contributed by atoms with Gasteiger partial charge in [-0.3, -0.25) is 9.89 Å². The molecule has 0 aliphatic carbocycles. The first-order valence-electron chi connectivity index (χ1n) is 8.45. The van der Waals surface area contributed by atoms with E-state index in [1.54, 1.807) is 37.6 Å². The lowest BCUT2D eigenvalue weighted by Gasteiger charge is -2.34. The number of piperazine rings is 1. The van der Waals surface area contributed by atoms with Crippen molar-refractivity contribution in [2.45, 2.75) is 6.04 Å². The van der Waals surface area contributed by atoms with Gasteiger partial charge in [0.15, 0.2) is 0 Å². The summed E-state index contributed by atoms with van der Waals surface area (Å²) in [4.78, 5) is 14.9. The molecule has 1 fully saturated rings. The van der Waals surface area contributed by atoms with Gasteiger partial charge in [0.1, 0.15) is 11.6 Å². The van der Waals surface area contributed by atoms with Crippen molar-refractivity contribution in [3.8, 4) is 5.75 Å². The predicted octanol–water partition coefficient (Wildman–Crippen LogP) is 2.50. The van der Waals surface area contributed by atoms with Gasteiger partial charge in [0, 0.05) is 25.7 Å². The third kappa shape index (κ3) is 2.90. The summed E-state index contributed by atoms with van der Waals surface area (Å²) in [5.41, 5.74) is 2.20. The molecule has 7 heteroatoms. The van der Waals surface area contributed by atoms with Gasteiger partial charge in [0.2, 0.25) is 0 Å². The van der Waals surface area contributed by atoms with Crippen LogP contribution in [0.4, 0.5) is 4.39 Å². The Hall–Kier alpha value is -2.93. The van der Waals surface area contributed by atoms with Gasteiger partial charge >= 0.3 is 0 Å². The van der Waals surface area contributed by atoms with E-state index in [9.17, 15) is 9.18 Å². The summed E-state index contributed by atoms with van der Waals surface area (Å²) in [5.74, 6) is 0.350. The normalized spacial score (nSPS) is 17.5. The van der Waals surface area contributed by atoms with Crippen LogP contribution < -0.4 is 10.1 Å². The predicted molar refractivity (Wildman–Crippen MR) is 95.7 cm³/mol. The number of benzene rings is 2. The van der Waals surface area contributed by atoms with E-state index in [1.807, 2.05) is 4.90 Å². The number of nitrogens with one attached hydrogen (secondary N) is 2. The molecule has 0 spiro atoms. The van der Waals surface area contributed by atoms with Crippen LogP contribution in [-0.2, 0) is 0 Å².